The van der Waals surface area contributed by atoms with E-state index in [0.717, 1.165) is 6.54 Å². The van der Waals surface area contributed by atoms with Crippen molar-refractivity contribution >= 4 is 11.8 Å². The Kier molecular flexibility index (Phi) is 9.31. The molecule has 2 amide bonds. The first-order chi connectivity index (χ1) is 9.80. The molecule has 0 aliphatic heterocycles. The highest BCUT2D eigenvalue weighted by atomic mass is 16.2. The van der Waals surface area contributed by atoms with Gasteiger partial charge in [0.05, 0.1) is 6.04 Å². The van der Waals surface area contributed by atoms with Gasteiger partial charge in [0, 0.05) is 6.54 Å². The quantitative estimate of drug-likeness (QED) is 0.827. The predicted molar refractivity (Wildman–Crippen MR) is 88.4 cm³/mol. The van der Waals surface area contributed by atoms with Crippen LogP contribution in [0.1, 0.15) is 73.6 Å². The molecule has 4 nitrogen and oxygen atoms in total. The first kappa shape index (κ1) is 19.9. The number of amides is 2. The van der Waals surface area contributed by atoms with Crippen molar-refractivity contribution in [2.24, 2.45) is 11.3 Å². The average Bonchev–Trinajstić information content (AvgIpc) is 2.44. The molecule has 1 fully saturated rings. The van der Waals surface area contributed by atoms with Crippen LogP contribution in [-0.4, -0.2) is 24.4 Å². The van der Waals surface area contributed by atoms with Crippen LogP contribution in [0.25, 0.3) is 0 Å². The number of Topliss-reactive ketones (excluding diaryl/α,β-unsaturated/α-hetero) is 1. The number of ketones is 1. The molecule has 0 bridgehead atoms. The predicted octanol–water partition coefficient (Wildman–Crippen LogP) is 3.90. The molecule has 4 heteroatoms. The molecule has 0 heterocycles. The minimum Gasteiger partial charge on any atom is -0.338 e. The molecular weight excluding hydrogens is 264 g/mol. The maximum Gasteiger partial charge on any atom is 0.315 e. The Bertz CT molecular complexity index is 315. The Balaban J connectivity index is 0.00000191. The van der Waals surface area contributed by atoms with E-state index in [2.05, 4.69) is 10.6 Å². The smallest absolute Gasteiger partial charge is 0.315 e. The molecule has 1 aliphatic rings. The van der Waals surface area contributed by atoms with Gasteiger partial charge in [-0.3, -0.25) is 4.79 Å². The van der Waals surface area contributed by atoms with Gasteiger partial charge in [-0.15, -0.1) is 0 Å². The van der Waals surface area contributed by atoms with Gasteiger partial charge in [0.25, 0.3) is 0 Å². The topological polar surface area (TPSA) is 58.2 Å². The molecule has 124 valence electrons. The summed E-state index contributed by atoms with van der Waals surface area (Å²) in [6.45, 7) is 12.1. The van der Waals surface area contributed by atoms with Gasteiger partial charge < -0.3 is 10.6 Å². The lowest BCUT2D eigenvalue weighted by Crippen LogP contribution is -2.52. The highest BCUT2D eigenvalue weighted by molar-refractivity contribution is 5.87. The number of carbonyl (C=O) groups excluding carboxylic acids is 2. The molecule has 21 heavy (non-hydrogen) atoms. The molecule has 1 atom stereocenters. The van der Waals surface area contributed by atoms with Crippen LogP contribution in [0.3, 0.4) is 0 Å². The maximum absolute atomic E-state index is 11.9. The molecule has 2 N–H and O–H groups in total. The van der Waals surface area contributed by atoms with E-state index in [0.29, 0.717) is 5.92 Å². The van der Waals surface area contributed by atoms with E-state index in [1.165, 1.54) is 39.0 Å². The fraction of sp³-hybridized carbons (Fsp3) is 0.882. The summed E-state index contributed by atoms with van der Waals surface area (Å²) in [6, 6.07) is -0.653. The number of rotatable bonds is 4. The standard InChI is InChI=1S/C15H28N2O2.C2H6/c1-11(18)13(15(2,3)4)17-14(19)16-10-12-8-6-5-7-9-12;1-2/h12-13H,5-10H2,1-4H3,(H2,16,17,19);1-2H3. The van der Waals surface area contributed by atoms with Crippen LogP contribution in [0.15, 0.2) is 0 Å². The van der Waals surface area contributed by atoms with E-state index < -0.39 is 6.04 Å². The van der Waals surface area contributed by atoms with Crippen molar-refractivity contribution in [3.05, 3.63) is 0 Å². The van der Waals surface area contributed by atoms with Crippen LogP contribution < -0.4 is 10.6 Å². The summed E-state index contributed by atoms with van der Waals surface area (Å²) in [7, 11) is 0. The summed E-state index contributed by atoms with van der Waals surface area (Å²) < 4.78 is 0. The summed E-state index contributed by atoms with van der Waals surface area (Å²) in [5, 5.41) is 5.70. The third kappa shape index (κ3) is 8.08. The van der Waals surface area contributed by atoms with E-state index in [4.69, 9.17) is 0 Å². The second-order valence-corrected chi connectivity index (χ2v) is 6.77. The number of carbonyl (C=O) groups is 2. The zero-order chi connectivity index (χ0) is 16.5. The highest BCUT2D eigenvalue weighted by Gasteiger charge is 2.30. The van der Waals surface area contributed by atoms with Gasteiger partial charge in [0.2, 0.25) is 0 Å². The first-order valence-electron chi connectivity index (χ1n) is 8.35. The second kappa shape index (κ2) is 9.80. The number of nitrogens with one attached hydrogen (secondary N) is 2. The molecule has 0 spiro atoms. The number of hydrogen-bond acceptors (Lipinski definition) is 2. The highest BCUT2D eigenvalue weighted by Crippen LogP contribution is 2.23. The van der Waals surface area contributed by atoms with Crippen molar-refractivity contribution in [3.63, 3.8) is 0 Å². The van der Waals surface area contributed by atoms with Crippen LogP contribution in [0, 0.1) is 11.3 Å². The van der Waals surface area contributed by atoms with Crippen molar-refractivity contribution in [1.29, 1.82) is 0 Å². The van der Waals surface area contributed by atoms with Crippen molar-refractivity contribution in [2.45, 2.75) is 79.7 Å². The van der Waals surface area contributed by atoms with E-state index in [1.807, 2.05) is 34.6 Å². The molecule has 0 radical (unpaired) electrons. The van der Waals surface area contributed by atoms with E-state index in [-0.39, 0.29) is 17.2 Å². The van der Waals surface area contributed by atoms with Gasteiger partial charge in [0.15, 0.2) is 5.78 Å². The van der Waals surface area contributed by atoms with Crippen LogP contribution in [0.2, 0.25) is 0 Å². The minimum atomic E-state index is -0.432. The molecule has 0 aromatic rings. The Labute approximate surface area is 130 Å². The average molecular weight is 298 g/mol. The third-order valence-corrected chi connectivity index (χ3v) is 3.82. The summed E-state index contributed by atoms with van der Waals surface area (Å²) in [4.78, 5) is 23.5. The van der Waals surface area contributed by atoms with Gasteiger partial charge in [-0.25, -0.2) is 4.79 Å². The summed E-state index contributed by atoms with van der Waals surface area (Å²) in [6.07, 6.45) is 6.27. The monoisotopic (exact) mass is 298 g/mol. The van der Waals surface area contributed by atoms with Crippen LogP contribution in [0.4, 0.5) is 4.79 Å². The zero-order valence-corrected chi connectivity index (χ0v) is 14.7. The van der Waals surface area contributed by atoms with Gasteiger partial charge in [-0.1, -0.05) is 53.9 Å². The molecule has 1 unspecified atom stereocenters. The zero-order valence-electron chi connectivity index (χ0n) is 14.7. The van der Waals surface area contributed by atoms with Crippen LogP contribution >= 0.6 is 0 Å². The fourth-order valence-electron chi connectivity index (χ4n) is 2.74. The molecule has 0 aromatic carbocycles. The molecule has 0 aromatic heterocycles. The van der Waals surface area contributed by atoms with Crippen molar-refractivity contribution in [3.8, 4) is 0 Å². The van der Waals surface area contributed by atoms with Crippen molar-refractivity contribution in [1.82, 2.24) is 10.6 Å². The Morgan fingerprint density at radius 2 is 1.62 bits per heavy atom. The van der Waals surface area contributed by atoms with Gasteiger partial charge in [0.1, 0.15) is 0 Å². The molecule has 0 saturated heterocycles. The minimum absolute atomic E-state index is 0.000293. The van der Waals surface area contributed by atoms with Gasteiger partial charge in [-0.2, -0.15) is 0 Å². The lowest BCUT2D eigenvalue weighted by molar-refractivity contribution is -0.121. The first-order valence-corrected chi connectivity index (χ1v) is 8.35. The number of urea groups is 1. The van der Waals surface area contributed by atoms with Crippen molar-refractivity contribution < 1.29 is 9.59 Å². The second-order valence-electron chi connectivity index (χ2n) is 6.77. The largest absolute Gasteiger partial charge is 0.338 e. The summed E-state index contributed by atoms with van der Waals surface area (Å²) in [5.74, 6) is 0.602. The third-order valence-electron chi connectivity index (χ3n) is 3.82. The molecule has 1 saturated carbocycles. The normalized spacial score (nSPS) is 17.2. The Hall–Kier alpha value is -1.06. The lowest BCUT2D eigenvalue weighted by atomic mass is 9.84. The summed E-state index contributed by atoms with van der Waals surface area (Å²) >= 11 is 0. The van der Waals surface area contributed by atoms with Gasteiger partial charge in [-0.05, 0) is 31.1 Å². The molecular formula is C17H34N2O2. The molecule has 1 aliphatic carbocycles. The Morgan fingerprint density at radius 3 is 2.05 bits per heavy atom. The molecule has 1 rings (SSSR count). The van der Waals surface area contributed by atoms with E-state index >= 15 is 0 Å². The van der Waals surface area contributed by atoms with E-state index in [1.54, 1.807) is 0 Å². The van der Waals surface area contributed by atoms with Gasteiger partial charge >= 0.3 is 6.03 Å². The number of hydrogen-bond donors (Lipinski definition) is 2. The summed E-state index contributed by atoms with van der Waals surface area (Å²) in [5.41, 5.74) is -0.256. The Morgan fingerprint density at radius 1 is 1.10 bits per heavy atom. The van der Waals surface area contributed by atoms with Crippen molar-refractivity contribution in [2.75, 3.05) is 6.54 Å². The SMILES string of the molecule is CC.CC(=O)C(NC(=O)NCC1CCCCC1)C(C)(C)C. The lowest BCUT2D eigenvalue weighted by Gasteiger charge is -2.30. The van der Waals surface area contributed by atoms with Crippen LogP contribution in [0.5, 0.6) is 0 Å². The fourth-order valence-corrected chi connectivity index (χ4v) is 2.74. The maximum atomic E-state index is 11.9. The van der Waals surface area contributed by atoms with E-state index in [9.17, 15) is 9.59 Å². The van der Waals surface area contributed by atoms with Crippen LogP contribution in [-0.2, 0) is 4.79 Å².